The van der Waals surface area contributed by atoms with Crippen molar-refractivity contribution >= 4 is 11.9 Å². The van der Waals surface area contributed by atoms with E-state index in [1.165, 1.54) is 13.8 Å². The Labute approximate surface area is 131 Å². The van der Waals surface area contributed by atoms with Crippen LogP contribution < -0.4 is 0 Å². The van der Waals surface area contributed by atoms with Crippen LogP contribution in [-0.4, -0.2) is 23.4 Å². The van der Waals surface area contributed by atoms with E-state index in [0.29, 0.717) is 25.7 Å². The first-order valence-electron chi connectivity index (χ1n) is 8.29. The van der Waals surface area contributed by atoms with Crippen molar-refractivity contribution in [3.63, 3.8) is 0 Å². The third kappa shape index (κ3) is 4.52. The molecule has 0 N–H and O–H groups in total. The van der Waals surface area contributed by atoms with Crippen LogP contribution in [0.4, 0.5) is 0 Å². The van der Waals surface area contributed by atoms with Crippen LogP contribution in [0.1, 0.15) is 78.1 Å². The van der Waals surface area contributed by atoms with Crippen molar-refractivity contribution in [3.05, 3.63) is 0 Å². The first kappa shape index (κ1) is 16.9. The highest BCUT2D eigenvalue weighted by Gasteiger charge is 2.40. The van der Waals surface area contributed by atoms with E-state index in [4.69, 9.17) is 9.47 Å². The van der Waals surface area contributed by atoms with Gasteiger partial charge in [0.1, 0.15) is 0 Å². The number of carbonyl (C=O) groups excluding carboxylic acids is 2. The van der Waals surface area contributed by atoms with Crippen molar-refractivity contribution in [2.75, 3.05) is 0 Å². The van der Waals surface area contributed by atoms with Crippen molar-refractivity contribution in [1.29, 1.82) is 0 Å². The van der Waals surface area contributed by atoms with Gasteiger partial charge in [0.05, 0.1) is 0 Å². The molecule has 22 heavy (non-hydrogen) atoms. The normalized spacial score (nSPS) is 23.9. The van der Waals surface area contributed by atoms with E-state index in [-0.39, 0.29) is 11.9 Å². The Hall–Kier alpha value is -1.46. The number of rotatable bonds is 4. The highest BCUT2D eigenvalue weighted by Crippen LogP contribution is 2.38. The summed E-state index contributed by atoms with van der Waals surface area (Å²) in [4.78, 5) is 22.8. The molecule has 6 heteroatoms. The van der Waals surface area contributed by atoms with Crippen molar-refractivity contribution in [2.24, 2.45) is 10.2 Å². The Bertz CT molecular complexity index is 395. The molecule has 0 unspecified atom stereocenters. The summed E-state index contributed by atoms with van der Waals surface area (Å²) in [6.07, 6.45) is 8.84. The van der Waals surface area contributed by atoms with Crippen molar-refractivity contribution < 1.29 is 19.1 Å². The van der Waals surface area contributed by atoms with Crippen LogP contribution in [0.3, 0.4) is 0 Å². The largest absolute Gasteiger partial charge is 0.436 e. The zero-order chi connectivity index (χ0) is 16.1. The molecule has 0 aromatic heterocycles. The predicted molar refractivity (Wildman–Crippen MR) is 80.0 cm³/mol. The van der Waals surface area contributed by atoms with Crippen LogP contribution in [0.25, 0.3) is 0 Å². The average molecular weight is 310 g/mol. The Kier molecular flexibility index (Phi) is 5.53. The maximum absolute atomic E-state index is 11.4. The lowest BCUT2D eigenvalue weighted by atomic mass is 9.91. The molecular formula is C16H26N2O4. The van der Waals surface area contributed by atoms with E-state index in [2.05, 4.69) is 10.2 Å². The van der Waals surface area contributed by atoms with Gasteiger partial charge in [-0.1, -0.05) is 12.8 Å². The molecule has 0 aromatic rings. The number of carbonyl (C=O) groups is 2. The van der Waals surface area contributed by atoms with Gasteiger partial charge in [-0.25, -0.2) is 0 Å². The molecule has 124 valence electrons. The zero-order valence-corrected chi connectivity index (χ0v) is 13.6. The van der Waals surface area contributed by atoms with Crippen LogP contribution >= 0.6 is 0 Å². The highest BCUT2D eigenvalue weighted by molar-refractivity contribution is 5.67. The Morgan fingerprint density at radius 2 is 1.00 bits per heavy atom. The van der Waals surface area contributed by atoms with Crippen LogP contribution in [-0.2, 0) is 19.1 Å². The molecule has 0 saturated heterocycles. The lowest BCUT2D eigenvalue weighted by molar-refractivity contribution is -0.167. The van der Waals surface area contributed by atoms with Crippen LogP contribution in [0.15, 0.2) is 10.2 Å². The standard InChI is InChI=1S/C16H26N2O4/c1-13(19)21-15(9-5-3-6-10-15)17-18-16(22-14(2)20)11-7-4-8-12-16/h3-12H2,1-2H3. The van der Waals surface area contributed by atoms with Gasteiger partial charge in [-0.3, -0.25) is 9.59 Å². The van der Waals surface area contributed by atoms with E-state index in [1.54, 1.807) is 0 Å². The highest BCUT2D eigenvalue weighted by atomic mass is 16.6. The number of hydrogen-bond donors (Lipinski definition) is 0. The molecule has 0 amide bonds. The predicted octanol–water partition coefficient (Wildman–Crippen LogP) is 3.89. The van der Waals surface area contributed by atoms with Crippen LogP contribution in [0.5, 0.6) is 0 Å². The summed E-state index contributed by atoms with van der Waals surface area (Å²) in [6.45, 7) is 2.79. The molecule has 2 rings (SSSR count). The summed E-state index contributed by atoms with van der Waals surface area (Å²) in [6, 6.07) is 0. The van der Waals surface area contributed by atoms with Crippen molar-refractivity contribution in [2.45, 2.75) is 89.5 Å². The SMILES string of the molecule is CC(=O)OC1(N=NC2(OC(C)=O)CCCCC2)CCCCC1. The van der Waals surface area contributed by atoms with Gasteiger partial charge >= 0.3 is 11.9 Å². The lowest BCUT2D eigenvalue weighted by Gasteiger charge is -2.35. The molecule has 0 spiro atoms. The lowest BCUT2D eigenvalue weighted by Crippen LogP contribution is -2.38. The summed E-state index contributed by atoms with van der Waals surface area (Å²) in [5.74, 6) is -0.683. The van der Waals surface area contributed by atoms with Crippen LogP contribution in [0, 0.1) is 0 Å². The fourth-order valence-electron chi connectivity index (χ4n) is 3.37. The Morgan fingerprint density at radius 3 is 1.27 bits per heavy atom. The van der Waals surface area contributed by atoms with Gasteiger partial charge in [-0.2, -0.15) is 0 Å². The maximum atomic E-state index is 11.4. The molecule has 0 aliphatic heterocycles. The molecule has 2 saturated carbocycles. The number of hydrogen-bond acceptors (Lipinski definition) is 6. The molecule has 2 fully saturated rings. The maximum Gasteiger partial charge on any atom is 0.304 e. The van der Waals surface area contributed by atoms with Gasteiger partial charge in [0, 0.05) is 39.5 Å². The fraction of sp³-hybridized carbons (Fsp3) is 0.875. The number of azo groups is 1. The second kappa shape index (κ2) is 7.20. The molecule has 0 aromatic carbocycles. The second-order valence-corrected chi connectivity index (χ2v) is 6.40. The van der Waals surface area contributed by atoms with Crippen molar-refractivity contribution in [3.8, 4) is 0 Å². The monoisotopic (exact) mass is 310 g/mol. The van der Waals surface area contributed by atoms with Crippen LogP contribution in [0.2, 0.25) is 0 Å². The van der Waals surface area contributed by atoms with Gasteiger partial charge in [0.15, 0.2) is 0 Å². The molecule has 0 radical (unpaired) electrons. The van der Waals surface area contributed by atoms with Crippen molar-refractivity contribution in [1.82, 2.24) is 0 Å². The third-order valence-electron chi connectivity index (χ3n) is 4.35. The minimum absolute atomic E-state index is 0.342. The quantitative estimate of drug-likeness (QED) is 0.583. The summed E-state index contributed by atoms with van der Waals surface area (Å²) < 4.78 is 11.0. The Balaban J connectivity index is 2.18. The second-order valence-electron chi connectivity index (χ2n) is 6.40. The first-order chi connectivity index (χ1) is 10.5. The average Bonchev–Trinajstić information content (AvgIpc) is 2.46. The topological polar surface area (TPSA) is 77.3 Å². The van der Waals surface area contributed by atoms with Gasteiger partial charge < -0.3 is 9.47 Å². The van der Waals surface area contributed by atoms with E-state index < -0.39 is 11.4 Å². The molecule has 0 atom stereocenters. The zero-order valence-electron chi connectivity index (χ0n) is 13.6. The van der Waals surface area contributed by atoms with Gasteiger partial charge in [-0.15, -0.1) is 10.2 Å². The molecule has 6 nitrogen and oxygen atoms in total. The minimum atomic E-state index is -0.866. The fourth-order valence-corrected chi connectivity index (χ4v) is 3.37. The van der Waals surface area contributed by atoms with E-state index >= 15 is 0 Å². The summed E-state index contributed by atoms with van der Waals surface area (Å²) in [5.41, 5.74) is -1.73. The summed E-state index contributed by atoms with van der Waals surface area (Å²) in [5, 5.41) is 8.82. The number of nitrogens with zero attached hydrogens (tertiary/aromatic N) is 2. The number of esters is 2. The number of ether oxygens (including phenoxy) is 2. The van der Waals surface area contributed by atoms with Gasteiger partial charge in [0.2, 0.25) is 11.4 Å². The van der Waals surface area contributed by atoms with E-state index in [1.807, 2.05) is 0 Å². The molecule has 0 heterocycles. The Morgan fingerprint density at radius 1 is 0.682 bits per heavy atom. The third-order valence-corrected chi connectivity index (χ3v) is 4.35. The van der Waals surface area contributed by atoms with Gasteiger partial charge in [-0.05, 0) is 25.7 Å². The van der Waals surface area contributed by atoms with Gasteiger partial charge in [0.25, 0.3) is 0 Å². The summed E-state index contributed by atoms with van der Waals surface area (Å²) in [7, 11) is 0. The first-order valence-corrected chi connectivity index (χ1v) is 8.29. The van der Waals surface area contributed by atoms with E-state index in [9.17, 15) is 9.59 Å². The molecule has 2 aliphatic rings. The smallest absolute Gasteiger partial charge is 0.304 e. The summed E-state index contributed by atoms with van der Waals surface area (Å²) >= 11 is 0. The van der Waals surface area contributed by atoms with E-state index in [0.717, 1.165) is 38.5 Å². The minimum Gasteiger partial charge on any atom is -0.436 e. The molecule has 2 aliphatic carbocycles. The molecule has 0 bridgehead atoms. The molecular weight excluding hydrogens is 284 g/mol.